The third-order valence-electron chi connectivity index (χ3n) is 3.35. The summed E-state index contributed by atoms with van der Waals surface area (Å²) in [5.74, 6) is 0.642. The molecule has 0 unspecified atom stereocenters. The molecular formula is C17H18N2O3S. The summed E-state index contributed by atoms with van der Waals surface area (Å²) in [5.41, 5.74) is 2.11. The Hall–Kier alpha value is -2.36. The van der Waals surface area contributed by atoms with Gasteiger partial charge in [0.15, 0.2) is 0 Å². The van der Waals surface area contributed by atoms with E-state index >= 15 is 0 Å². The largest absolute Gasteiger partial charge is 0.496 e. The summed E-state index contributed by atoms with van der Waals surface area (Å²) in [7, 11) is -1.83. The van der Waals surface area contributed by atoms with Gasteiger partial charge in [-0.2, -0.15) is 5.26 Å². The summed E-state index contributed by atoms with van der Waals surface area (Å²) < 4.78 is 32.0. The molecular weight excluding hydrogens is 312 g/mol. The van der Waals surface area contributed by atoms with Crippen molar-refractivity contribution in [3.8, 4) is 11.8 Å². The van der Waals surface area contributed by atoms with E-state index in [1.54, 1.807) is 31.4 Å². The van der Waals surface area contributed by atoms with Crippen molar-refractivity contribution in [2.24, 2.45) is 0 Å². The number of nitrogens with one attached hydrogen (secondary N) is 1. The highest BCUT2D eigenvalue weighted by molar-refractivity contribution is 7.88. The van der Waals surface area contributed by atoms with Crippen molar-refractivity contribution >= 4 is 10.0 Å². The lowest BCUT2D eigenvalue weighted by Crippen LogP contribution is -2.27. The molecule has 2 aromatic rings. The van der Waals surface area contributed by atoms with Crippen molar-refractivity contribution in [1.82, 2.24) is 4.72 Å². The third-order valence-corrected chi connectivity index (χ3v) is 4.71. The molecule has 5 nitrogen and oxygen atoms in total. The van der Waals surface area contributed by atoms with E-state index in [-0.39, 0.29) is 5.75 Å². The van der Waals surface area contributed by atoms with Crippen LogP contribution in [0.25, 0.3) is 0 Å². The first-order valence-electron chi connectivity index (χ1n) is 7.12. The van der Waals surface area contributed by atoms with Crippen LogP contribution in [-0.4, -0.2) is 22.1 Å². The molecule has 0 amide bonds. The number of hydrogen-bond donors (Lipinski definition) is 1. The van der Waals surface area contributed by atoms with Gasteiger partial charge in [-0.15, -0.1) is 0 Å². The van der Waals surface area contributed by atoms with E-state index in [0.717, 1.165) is 11.3 Å². The number of methoxy groups -OCH3 is 1. The van der Waals surface area contributed by atoms with Gasteiger partial charge in [-0.1, -0.05) is 30.3 Å². The first-order valence-corrected chi connectivity index (χ1v) is 8.77. The summed E-state index contributed by atoms with van der Waals surface area (Å²) in [6.45, 7) is 0.305. The lowest BCUT2D eigenvalue weighted by Gasteiger charge is -2.09. The predicted octanol–water partition coefficient (Wildman–Crippen LogP) is 2.23. The van der Waals surface area contributed by atoms with Crippen molar-refractivity contribution in [1.29, 1.82) is 5.26 Å². The maximum absolute atomic E-state index is 12.1. The average Bonchev–Trinajstić information content (AvgIpc) is 2.55. The maximum atomic E-state index is 12.1. The molecule has 0 radical (unpaired) electrons. The zero-order valence-corrected chi connectivity index (χ0v) is 13.6. The van der Waals surface area contributed by atoms with E-state index in [4.69, 9.17) is 10.00 Å². The van der Waals surface area contributed by atoms with E-state index < -0.39 is 10.0 Å². The maximum Gasteiger partial charge on any atom is 0.215 e. The standard InChI is InChI=1S/C17H18N2O3S/c1-22-17-5-3-2-4-16(17)10-11-19-23(20,21)13-15-8-6-14(12-18)7-9-15/h2-9,19H,10-11,13H2,1H3. The Bertz CT molecular complexity index is 793. The van der Waals surface area contributed by atoms with Crippen LogP contribution in [0, 0.1) is 11.3 Å². The van der Waals surface area contributed by atoms with Crippen molar-refractivity contribution in [3.63, 3.8) is 0 Å². The molecule has 0 aliphatic heterocycles. The highest BCUT2D eigenvalue weighted by Crippen LogP contribution is 2.17. The molecule has 0 bridgehead atoms. The van der Waals surface area contributed by atoms with E-state index in [2.05, 4.69) is 4.72 Å². The smallest absolute Gasteiger partial charge is 0.215 e. The molecule has 0 aromatic heterocycles. The number of nitrogens with zero attached hydrogens (tertiary/aromatic N) is 1. The molecule has 0 fully saturated rings. The number of ether oxygens (including phenoxy) is 1. The molecule has 0 saturated heterocycles. The summed E-state index contributed by atoms with van der Waals surface area (Å²) in [5, 5.41) is 8.74. The molecule has 0 heterocycles. The van der Waals surface area contributed by atoms with E-state index in [1.165, 1.54) is 0 Å². The third kappa shape index (κ3) is 5.09. The van der Waals surface area contributed by atoms with Crippen LogP contribution in [-0.2, 0) is 22.2 Å². The molecule has 0 aliphatic carbocycles. The van der Waals surface area contributed by atoms with E-state index in [0.29, 0.717) is 24.1 Å². The first-order chi connectivity index (χ1) is 11.0. The molecule has 6 heteroatoms. The monoisotopic (exact) mass is 330 g/mol. The SMILES string of the molecule is COc1ccccc1CCNS(=O)(=O)Cc1ccc(C#N)cc1. The Balaban J connectivity index is 1.92. The molecule has 0 spiro atoms. The van der Waals surface area contributed by atoms with Crippen LogP contribution in [0.2, 0.25) is 0 Å². The van der Waals surface area contributed by atoms with Gasteiger partial charge in [0.05, 0.1) is 24.5 Å². The van der Waals surface area contributed by atoms with Crippen molar-refractivity contribution in [2.75, 3.05) is 13.7 Å². The molecule has 2 rings (SSSR count). The van der Waals surface area contributed by atoms with Crippen molar-refractivity contribution in [2.45, 2.75) is 12.2 Å². The van der Waals surface area contributed by atoms with Crippen LogP contribution >= 0.6 is 0 Å². The van der Waals surface area contributed by atoms with E-state index in [1.807, 2.05) is 30.3 Å². The quantitative estimate of drug-likeness (QED) is 0.844. The van der Waals surface area contributed by atoms with Crippen LogP contribution in [0.5, 0.6) is 5.75 Å². The zero-order chi connectivity index (χ0) is 16.7. The topological polar surface area (TPSA) is 79.2 Å². The average molecular weight is 330 g/mol. The Morgan fingerprint density at radius 3 is 2.48 bits per heavy atom. The lowest BCUT2D eigenvalue weighted by molar-refractivity contribution is 0.409. The molecule has 2 aromatic carbocycles. The minimum Gasteiger partial charge on any atom is -0.496 e. The summed E-state index contributed by atoms with van der Waals surface area (Å²) in [6, 6.07) is 16.0. The molecule has 0 aliphatic rings. The predicted molar refractivity (Wildman–Crippen MR) is 88.5 cm³/mol. The van der Waals surface area contributed by atoms with Gasteiger partial charge in [-0.05, 0) is 35.7 Å². The normalized spacial score (nSPS) is 11.0. The van der Waals surface area contributed by atoms with Crippen LogP contribution in [0.4, 0.5) is 0 Å². The fourth-order valence-corrected chi connectivity index (χ4v) is 3.34. The van der Waals surface area contributed by atoms with Gasteiger partial charge in [-0.25, -0.2) is 13.1 Å². The first kappa shape index (κ1) is 17.0. The van der Waals surface area contributed by atoms with Gasteiger partial charge in [-0.3, -0.25) is 0 Å². The zero-order valence-electron chi connectivity index (χ0n) is 12.8. The van der Waals surface area contributed by atoms with Gasteiger partial charge in [0.25, 0.3) is 0 Å². The van der Waals surface area contributed by atoms with E-state index in [9.17, 15) is 8.42 Å². The Labute approximate surface area is 136 Å². The van der Waals surface area contributed by atoms with Crippen LogP contribution in [0.15, 0.2) is 48.5 Å². The van der Waals surface area contributed by atoms with Gasteiger partial charge in [0, 0.05) is 6.54 Å². The summed E-state index contributed by atoms with van der Waals surface area (Å²) in [4.78, 5) is 0. The van der Waals surface area contributed by atoms with Crippen molar-refractivity contribution in [3.05, 3.63) is 65.2 Å². The van der Waals surface area contributed by atoms with Gasteiger partial charge < -0.3 is 4.74 Å². The molecule has 0 atom stereocenters. The summed E-state index contributed by atoms with van der Waals surface area (Å²) in [6.07, 6.45) is 0.552. The second-order valence-corrected chi connectivity index (χ2v) is 6.83. The fraction of sp³-hybridized carbons (Fsp3) is 0.235. The Kier molecular flexibility index (Phi) is 5.74. The number of benzene rings is 2. The van der Waals surface area contributed by atoms with Crippen LogP contribution in [0.1, 0.15) is 16.7 Å². The van der Waals surface area contributed by atoms with Gasteiger partial charge in [0.2, 0.25) is 10.0 Å². The van der Waals surface area contributed by atoms with Gasteiger partial charge >= 0.3 is 0 Å². The molecule has 23 heavy (non-hydrogen) atoms. The number of nitriles is 1. The van der Waals surface area contributed by atoms with Crippen LogP contribution < -0.4 is 9.46 Å². The summed E-state index contributed by atoms with van der Waals surface area (Å²) >= 11 is 0. The highest BCUT2D eigenvalue weighted by Gasteiger charge is 2.11. The Morgan fingerprint density at radius 1 is 1.13 bits per heavy atom. The minimum absolute atomic E-state index is 0.107. The second-order valence-electron chi connectivity index (χ2n) is 5.02. The van der Waals surface area contributed by atoms with Gasteiger partial charge in [0.1, 0.15) is 5.75 Å². The second kappa shape index (κ2) is 7.77. The minimum atomic E-state index is -3.42. The molecule has 0 saturated carbocycles. The number of para-hydroxylation sites is 1. The molecule has 1 N–H and O–H groups in total. The fourth-order valence-electron chi connectivity index (χ4n) is 2.20. The molecule has 120 valence electrons. The number of hydrogen-bond acceptors (Lipinski definition) is 4. The lowest BCUT2D eigenvalue weighted by atomic mass is 10.1. The Morgan fingerprint density at radius 2 is 1.83 bits per heavy atom. The number of sulfonamides is 1. The van der Waals surface area contributed by atoms with Crippen molar-refractivity contribution < 1.29 is 13.2 Å². The van der Waals surface area contributed by atoms with Crippen LogP contribution in [0.3, 0.4) is 0 Å². The number of rotatable bonds is 7. The highest BCUT2D eigenvalue weighted by atomic mass is 32.2.